The van der Waals surface area contributed by atoms with Crippen LogP contribution in [-0.2, 0) is 18.3 Å². The van der Waals surface area contributed by atoms with Gasteiger partial charge in [-0.1, -0.05) is 57.2 Å². The van der Waals surface area contributed by atoms with Crippen molar-refractivity contribution >= 4 is 22.5 Å². The van der Waals surface area contributed by atoms with E-state index in [4.69, 9.17) is 9.47 Å². The standard InChI is InChI=1S/C28H28N2O3/c1-28(2,3)27(31)29-21-11-12-24-23(15-21)20(16-30(24)4)14-18-7-5-8-19(13-18)22-9-6-10-25-26(22)33-17-32-25/h5-13,15-16H,14,17H2,1-4H3,(H,29,31). The van der Waals surface area contributed by atoms with E-state index < -0.39 is 5.41 Å². The fraction of sp³-hybridized carbons (Fsp3) is 0.250. The van der Waals surface area contributed by atoms with E-state index in [1.165, 1.54) is 11.1 Å². The van der Waals surface area contributed by atoms with Gasteiger partial charge >= 0.3 is 0 Å². The van der Waals surface area contributed by atoms with E-state index >= 15 is 0 Å². The minimum absolute atomic E-state index is 0.00799. The van der Waals surface area contributed by atoms with Crippen LogP contribution in [-0.4, -0.2) is 17.3 Å². The number of para-hydroxylation sites is 1. The van der Waals surface area contributed by atoms with Crippen molar-refractivity contribution in [3.05, 3.63) is 78.0 Å². The summed E-state index contributed by atoms with van der Waals surface area (Å²) in [5.74, 6) is 1.60. The number of amides is 1. The Bertz CT molecular complexity index is 1360. The number of benzene rings is 3. The molecular weight excluding hydrogens is 412 g/mol. The lowest BCUT2D eigenvalue weighted by molar-refractivity contribution is -0.123. The Balaban J connectivity index is 1.47. The molecule has 0 aliphatic carbocycles. The molecule has 3 aromatic carbocycles. The first-order chi connectivity index (χ1) is 15.8. The topological polar surface area (TPSA) is 52.5 Å². The van der Waals surface area contributed by atoms with Crippen LogP contribution in [0.15, 0.2) is 66.9 Å². The summed E-state index contributed by atoms with van der Waals surface area (Å²) in [7, 11) is 2.06. The number of aryl methyl sites for hydroxylation is 1. The summed E-state index contributed by atoms with van der Waals surface area (Å²) in [5.41, 5.74) is 6.09. The maximum absolute atomic E-state index is 12.5. The van der Waals surface area contributed by atoms with Gasteiger partial charge in [-0.3, -0.25) is 4.79 Å². The molecule has 4 aromatic rings. The normalized spacial score (nSPS) is 12.8. The summed E-state index contributed by atoms with van der Waals surface area (Å²) < 4.78 is 13.4. The first-order valence-corrected chi connectivity index (χ1v) is 11.2. The third-order valence-electron chi connectivity index (χ3n) is 6.04. The van der Waals surface area contributed by atoms with Crippen LogP contribution in [0.1, 0.15) is 31.9 Å². The second-order valence-corrected chi connectivity index (χ2v) is 9.62. The summed E-state index contributed by atoms with van der Waals surface area (Å²) >= 11 is 0. The van der Waals surface area contributed by atoms with Gasteiger partial charge in [-0.25, -0.2) is 0 Å². The van der Waals surface area contributed by atoms with E-state index in [0.717, 1.165) is 45.6 Å². The van der Waals surface area contributed by atoms with Gasteiger partial charge in [0.15, 0.2) is 11.5 Å². The summed E-state index contributed by atoms with van der Waals surface area (Å²) in [6.45, 7) is 6.01. The third kappa shape index (κ3) is 4.07. The maximum atomic E-state index is 12.5. The monoisotopic (exact) mass is 440 g/mol. The van der Waals surface area contributed by atoms with Crippen molar-refractivity contribution in [3.8, 4) is 22.6 Å². The molecule has 0 atom stereocenters. The molecule has 1 N–H and O–H groups in total. The molecule has 1 aliphatic rings. The molecule has 1 amide bonds. The molecule has 33 heavy (non-hydrogen) atoms. The van der Waals surface area contributed by atoms with Crippen LogP contribution < -0.4 is 14.8 Å². The van der Waals surface area contributed by atoms with Gasteiger partial charge in [0, 0.05) is 40.8 Å². The highest BCUT2D eigenvalue weighted by Crippen LogP contribution is 2.41. The van der Waals surface area contributed by atoms with Crippen molar-refractivity contribution in [2.45, 2.75) is 27.2 Å². The van der Waals surface area contributed by atoms with Crippen molar-refractivity contribution in [3.63, 3.8) is 0 Å². The van der Waals surface area contributed by atoms with Crippen LogP contribution in [0, 0.1) is 5.41 Å². The van der Waals surface area contributed by atoms with Gasteiger partial charge in [-0.2, -0.15) is 0 Å². The molecule has 0 radical (unpaired) electrons. The molecule has 0 saturated heterocycles. The number of carbonyl (C=O) groups is 1. The number of ether oxygens (including phenoxy) is 2. The van der Waals surface area contributed by atoms with Crippen molar-refractivity contribution in [2.75, 3.05) is 12.1 Å². The van der Waals surface area contributed by atoms with Gasteiger partial charge in [0.1, 0.15) is 0 Å². The van der Waals surface area contributed by atoms with Crippen LogP contribution in [0.25, 0.3) is 22.0 Å². The number of aromatic nitrogens is 1. The van der Waals surface area contributed by atoms with Crippen LogP contribution in [0.2, 0.25) is 0 Å². The van der Waals surface area contributed by atoms with Crippen LogP contribution in [0.3, 0.4) is 0 Å². The fourth-order valence-corrected chi connectivity index (χ4v) is 4.24. The van der Waals surface area contributed by atoms with Crippen molar-refractivity contribution in [2.24, 2.45) is 12.5 Å². The molecule has 5 rings (SSSR count). The third-order valence-corrected chi connectivity index (χ3v) is 6.04. The van der Waals surface area contributed by atoms with Gasteiger partial charge in [-0.15, -0.1) is 0 Å². The molecule has 0 fully saturated rings. The number of fused-ring (bicyclic) bond motifs is 2. The number of anilines is 1. The molecule has 1 aliphatic heterocycles. The Morgan fingerprint density at radius 2 is 1.85 bits per heavy atom. The highest BCUT2D eigenvalue weighted by atomic mass is 16.7. The number of rotatable bonds is 4. The summed E-state index contributed by atoms with van der Waals surface area (Å²) in [5, 5.41) is 4.20. The molecule has 2 heterocycles. The van der Waals surface area contributed by atoms with Crippen LogP contribution in [0.4, 0.5) is 5.69 Å². The van der Waals surface area contributed by atoms with Gasteiger partial charge in [0.25, 0.3) is 0 Å². The zero-order valence-corrected chi connectivity index (χ0v) is 19.4. The Hall–Kier alpha value is -3.73. The first-order valence-electron chi connectivity index (χ1n) is 11.2. The van der Waals surface area contributed by atoms with Gasteiger partial charge < -0.3 is 19.4 Å². The van der Waals surface area contributed by atoms with Gasteiger partial charge in [0.05, 0.1) is 0 Å². The molecule has 5 nitrogen and oxygen atoms in total. The van der Waals surface area contributed by atoms with E-state index in [0.29, 0.717) is 0 Å². The molecular formula is C28H28N2O3. The predicted molar refractivity (Wildman–Crippen MR) is 132 cm³/mol. The second kappa shape index (κ2) is 8.00. The summed E-state index contributed by atoms with van der Waals surface area (Å²) in [6, 6.07) is 20.6. The molecule has 0 spiro atoms. The average Bonchev–Trinajstić information content (AvgIpc) is 3.38. The maximum Gasteiger partial charge on any atom is 0.231 e. The van der Waals surface area contributed by atoms with Gasteiger partial charge in [-0.05, 0) is 47.4 Å². The minimum Gasteiger partial charge on any atom is -0.454 e. The van der Waals surface area contributed by atoms with Crippen LogP contribution in [0.5, 0.6) is 11.5 Å². The lowest BCUT2D eigenvalue weighted by Crippen LogP contribution is -2.27. The predicted octanol–water partition coefficient (Wildman–Crippen LogP) is 6.15. The van der Waals surface area contributed by atoms with Crippen molar-refractivity contribution in [1.29, 1.82) is 0 Å². The molecule has 168 valence electrons. The molecule has 0 bridgehead atoms. The lowest BCUT2D eigenvalue weighted by Gasteiger charge is -2.17. The molecule has 0 unspecified atom stereocenters. The lowest BCUT2D eigenvalue weighted by atomic mass is 9.95. The number of hydrogen-bond donors (Lipinski definition) is 1. The Kier molecular flexibility index (Phi) is 5.12. The van der Waals surface area contributed by atoms with Gasteiger partial charge in [0.2, 0.25) is 12.7 Å². The zero-order chi connectivity index (χ0) is 23.2. The molecule has 0 saturated carbocycles. The van der Waals surface area contributed by atoms with Crippen LogP contribution >= 0.6 is 0 Å². The van der Waals surface area contributed by atoms with E-state index in [-0.39, 0.29) is 12.7 Å². The summed E-state index contributed by atoms with van der Waals surface area (Å²) in [6.07, 6.45) is 2.96. The number of nitrogens with one attached hydrogen (secondary N) is 1. The number of nitrogens with zero attached hydrogens (tertiary/aromatic N) is 1. The van der Waals surface area contributed by atoms with Crippen molar-refractivity contribution in [1.82, 2.24) is 4.57 Å². The highest BCUT2D eigenvalue weighted by molar-refractivity contribution is 5.97. The van der Waals surface area contributed by atoms with Crippen molar-refractivity contribution < 1.29 is 14.3 Å². The largest absolute Gasteiger partial charge is 0.454 e. The quantitative estimate of drug-likeness (QED) is 0.414. The number of carbonyl (C=O) groups excluding carboxylic acids is 1. The second-order valence-electron chi connectivity index (χ2n) is 9.62. The zero-order valence-electron chi connectivity index (χ0n) is 19.4. The average molecular weight is 441 g/mol. The Morgan fingerprint density at radius 1 is 1.03 bits per heavy atom. The fourth-order valence-electron chi connectivity index (χ4n) is 4.24. The molecule has 1 aromatic heterocycles. The van der Waals surface area contributed by atoms with E-state index in [9.17, 15) is 4.79 Å². The Morgan fingerprint density at radius 3 is 2.67 bits per heavy atom. The Labute approximate surface area is 193 Å². The highest BCUT2D eigenvalue weighted by Gasteiger charge is 2.22. The minimum atomic E-state index is -0.443. The SMILES string of the molecule is Cn1cc(Cc2cccc(-c3cccc4c3OCO4)c2)c2cc(NC(=O)C(C)(C)C)ccc21. The van der Waals surface area contributed by atoms with E-state index in [1.807, 2.05) is 39.0 Å². The number of hydrogen-bond acceptors (Lipinski definition) is 3. The molecule has 5 heteroatoms. The smallest absolute Gasteiger partial charge is 0.231 e. The van der Waals surface area contributed by atoms with E-state index in [2.05, 4.69) is 65.6 Å². The first kappa shape index (κ1) is 21.1. The summed E-state index contributed by atoms with van der Waals surface area (Å²) in [4.78, 5) is 12.5. The van der Waals surface area contributed by atoms with E-state index in [1.54, 1.807) is 0 Å².